The normalized spacial score (nSPS) is 11.4. The van der Waals surface area contributed by atoms with Crippen molar-refractivity contribution < 1.29 is 5.11 Å². The predicted molar refractivity (Wildman–Crippen MR) is 96.9 cm³/mol. The van der Waals surface area contributed by atoms with Crippen molar-refractivity contribution in [1.29, 1.82) is 0 Å². The minimum Gasteiger partial charge on any atom is -0.395 e. The Labute approximate surface area is 148 Å². The molecule has 1 N–H and O–H groups in total. The Kier molecular flexibility index (Phi) is 5.63. The summed E-state index contributed by atoms with van der Waals surface area (Å²) in [5.41, 5.74) is 4.72. The molecule has 0 saturated carbocycles. The largest absolute Gasteiger partial charge is 0.395 e. The van der Waals surface area contributed by atoms with Crippen molar-refractivity contribution in [3.63, 3.8) is 0 Å². The lowest BCUT2D eigenvalue weighted by molar-refractivity contribution is 0.184. The van der Waals surface area contributed by atoms with Crippen molar-refractivity contribution in [2.24, 2.45) is 7.05 Å². The minimum absolute atomic E-state index is 0.136. The van der Waals surface area contributed by atoms with Gasteiger partial charge in [0, 0.05) is 49.7 Å². The Balaban J connectivity index is 1.65. The highest BCUT2D eigenvalue weighted by Gasteiger charge is 2.12. The molecule has 3 rings (SSSR count). The molecular formula is C19H25N5O. The fraction of sp³-hybridized carbons (Fsp3) is 0.368. The highest BCUT2D eigenvalue weighted by molar-refractivity contribution is 5.17. The maximum Gasteiger partial charge on any atom is 0.0659 e. The lowest BCUT2D eigenvalue weighted by Gasteiger charge is -2.20. The van der Waals surface area contributed by atoms with E-state index in [1.165, 1.54) is 11.1 Å². The number of aromatic nitrogens is 4. The van der Waals surface area contributed by atoms with E-state index < -0.39 is 0 Å². The maximum atomic E-state index is 9.38. The first-order valence-electron chi connectivity index (χ1n) is 8.51. The Morgan fingerprint density at radius 1 is 1.04 bits per heavy atom. The van der Waals surface area contributed by atoms with Crippen molar-refractivity contribution in [2.45, 2.75) is 26.6 Å². The Hall–Kier alpha value is -2.44. The summed E-state index contributed by atoms with van der Waals surface area (Å²) in [4.78, 5) is 2.22. The number of rotatable bonds is 8. The summed E-state index contributed by atoms with van der Waals surface area (Å²) in [6.45, 7) is 5.11. The molecule has 3 aromatic rings. The van der Waals surface area contributed by atoms with E-state index in [0.29, 0.717) is 6.54 Å². The minimum atomic E-state index is 0.136. The van der Waals surface area contributed by atoms with Crippen LogP contribution in [0.4, 0.5) is 0 Å². The van der Waals surface area contributed by atoms with Crippen LogP contribution in [0.15, 0.2) is 48.9 Å². The highest BCUT2D eigenvalue weighted by Crippen LogP contribution is 2.13. The van der Waals surface area contributed by atoms with Crippen LogP contribution in [0.25, 0.3) is 0 Å². The number of benzene rings is 1. The summed E-state index contributed by atoms with van der Waals surface area (Å²) in [6, 6.07) is 10.3. The van der Waals surface area contributed by atoms with Crippen molar-refractivity contribution in [3.8, 4) is 0 Å². The molecule has 0 radical (unpaired) electrons. The van der Waals surface area contributed by atoms with Gasteiger partial charge in [0.25, 0.3) is 0 Å². The zero-order valence-corrected chi connectivity index (χ0v) is 14.8. The van der Waals surface area contributed by atoms with Crippen molar-refractivity contribution in [2.75, 3.05) is 13.2 Å². The molecule has 0 amide bonds. The first-order chi connectivity index (χ1) is 12.2. The number of hydrogen-bond acceptors (Lipinski definition) is 4. The molecule has 0 aliphatic heterocycles. The summed E-state index contributed by atoms with van der Waals surface area (Å²) >= 11 is 0. The van der Waals surface area contributed by atoms with Crippen LogP contribution in [0.2, 0.25) is 0 Å². The van der Waals surface area contributed by atoms with Gasteiger partial charge >= 0.3 is 0 Å². The summed E-state index contributed by atoms with van der Waals surface area (Å²) in [5.74, 6) is 0. The van der Waals surface area contributed by atoms with Crippen LogP contribution in [0, 0.1) is 6.92 Å². The molecule has 2 aromatic heterocycles. The molecule has 0 unspecified atom stereocenters. The van der Waals surface area contributed by atoms with Crippen LogP contribution < -0.4 is 0 Å². The predicted octanol–water partition coefficient (Wildman–Crippen LogP) is 1.97. The molecule has 2 heterocycles. The van der Waals surface area contributed by atoms with Gasteiger partial charge in [-0.25, -0.2) is 0 Å². The van der Waals surface area contributed by atoms with E-state index in [1.807, 2.05) is 47.0 Å². The van der Waals surface area contributed by atoms with Crippen LogP contribution in [0.5, 0.6) is 0 Å². The number of nitrogens with zero attached hydrogens (tertiary/aromatic N) is 5. The number of aliphatic hydroxyl groups is 1. The molecule has 6 heteroatoms. The smallest absolute Gasteiger partial charge is 0.0659 e. The Morgan fingerprint density at radius 3 is 2.52 bits per heavy atom. The van der Waals surface area contributed by atoms with Gasteiger partial charge in [-0.2, -0.15) is 10.2 Å². The van der Waals surface area contributed by atoms with E-state index >= 15 is 0 Å². The maximum absolute atomic E-state index is 9.38. The van der Waals surface area contributed by atoms with Gasteiger partial charge in [0.1, 0.15) is 0 Å². The van der Waals surface area contributed by atoms with Crippen LogP contribution in [0.3, 0.4) is 0 Å². The van der Waals surface area contributed by atoms with Gasteiger partial charge in [-0.05, 0) is 12.5 Å². The first-order valence-corrected chi connectivity index (χ1v) is 8.51. The highest BCUT2D eigenvalue weighted by atomic mass is 16.3. The fourth-order valence-electron chi connectivity index (χ4n) is 2.90. The molecule has 6 nitrogen and oxygen atoms in total. The summed E-state index contributed by atoms with van der Waals surface area (Å²) < 4.78 is 3.83. The molecule has 25 heavy (non-hydrogen) atoms. The topological polar surface area (TPSA) is 59.1 Å². The quantitative estimate of drug-likeness (QED) is 0.682. The van der Waals surface area contributed by atoms with E-state index in [2.05, 4.69) is 40.4 Å². The third-order valence-electron chi connectivity index (χ3n) is 4.43. The summed E-state index contributed by atoms with van der Waals surface area (Å²) in [5, 5.41) is 18.1. The average molecular weight is 339 g/mol. The van der Waals surface area contributed by atoms with Crippen LogP contribution in [-0.4, -0.2) is 42.7 Å². The fourth-order valence-corrected chi connectivity index (χ4v) is 2.90. The molecule has 0 aliphatic rings. The molecule has 1 aromatic carbocycles. The zero-order valence-electron chi connectivity index (χ0n) is 14.8. The molecule has 0 saturated heterocycles. The van der Waals surface area contributed by atoms with Crippen molar-refractivity contribution in [1.82, 2.24) is 24.5 Å². The van der Waals surface area contributed by atoms with Gasteiger partial charge in [0.15, 0.2) is 0 Å². The van der Waals surface area contributed by atoms with Crippen LogP contribution in [0.1, 0.15) is 22.4 Å². The van der Waals surface area contributed by atoms with Gasteiger partial charge in [0.2, 0.25) is 0 Å². The van der Waals surface area contributed by atoms with E-state index in [9.17, 15) is 5.11 Å². The van der Waals surface area contributed by atoms with Crippen LogP contribution >= 0.6 is 0 Å². The summed E-state index contributed by atoms with van der Waals surface area (Å²) in [6.07, 6.45) is 5.88. The van der Waals surface area contributed by atoms with E-state index in [0.717, 1.165) is 30.9 Å². The first kappa shape index (κ1) is 17.4. The van der Waals surface area contributed by atoms with Crippen LogP contribution in [-0.2, 0) is 26.7 Å². The van der Waals surface area contributed by atoms with Crippen molar-refractivity contribution in [3.05, 3.63) is 71.3 Å². The third kappa shape index (κ3) is 4.55. The molecule has 0 bridgehead atoms. The molecule has 0 spiro atoms. The van der Waals surface area contributed by atoms with Gasteiger partial charge in [-0.1, -0.05) is 30.3 Å². The zero-order chi connectivity index (χ0) is 17.6. The number of hydrogen-bond donors (Lipinski definition) is 1. The Morgan fingerprint density at radius 2 is 1.84 bits per heavy atom. The molecule has 0 fully saturated rings. The second-order valence-electron chi connectivity index (χ2n) is 6.34. The van der Waals surface area contributed by atoms with Gasteiger partial charge in [-0.15, -0.1) is 0 Å². The lowest BCUT2D eigenvalue weighted by atomic mass is 10.2. The van der Waals surface area contributed by atoms with Gasteiger partial charge in [-0.3, -0.25) is 14.3 Å². The third-order valence-corrected chi connectivity index (χ3v) is 4.43. The summed E-state index contributed by atoms with van der Waals surface area (Å²) in [7, 11) is 1.95. The van der Waals surface area contributed by atoms with E-state index in [-0.39, 0.29) is 6.61 Å². The van der Waals surface area contributed by atoms with Gasteiger partial charge in [0.05, 0.1) is 25.5 Å². The van der Waals surface area contributed by atoms with E-state index in [4.69, 9.17) is 0 Å². The van der Waals surface area contributed by atoms with Crippen molar-refractivity contribution >= 4 is 0 Å². The molecule has 0 aliphatic carbocycles. The van der Waals surface area contributed by atoms with E-state index in [1.54, 1.807) is 0 Å². The second kappa shape index (κ2) is 8.09. The standard InChI is InChI=1S/C19H25N5O/c1-16-19(11-20-22(16)2)15-23(8-9-25)12-18-10-21-24(14-18)13-17-6-4-3-5-7-17/h3-7,10-11,14,25H,8-9,12-13,15H2,1-2H3. The number of aryl methyl sites for hydroxylation is 1. The molecule has 0 atom stereocenters. The molecule has 132 valence electrons. The average Bonchev–Trinajstić information content (AvgIpc) is 3.17. The molecular weight excluding hydrogens is 314 g/mol. The second-order valence-corrected chi connectivity index (χ2v) is 6.34. The Bertz CT molecular complexity index is 793. The number of aliphatic hydroxyl groups excluding tert-OH is 1. The monoisotopic (exact) mass is 339 g/mol. The lowest BCUT2D eigenvalue weighted by Crippen LogP contribution is -2.26. The van der Waals surface area contributed by atoms with Gasteiger partial charge < -0.3 is 5.11 Å². The SMILES string of the molecule is Cc1c(CN(CCO)Cc2cnn(Cc3ccccc3)c2)cnn1C.